The summed E-state index contributed by atoms with van der Waals surface area (Å²) in [5.74, 6) is 0.778. The number of benzene rings is 1. The lowest BCUT2D eigenvalue weighted by Crippen LogP contribution is -2.01. The van der Waals surface area contributed by atoms with Gasteiger partial charge in [-0.05, 0) is 18.2 Å². The van der Waals surface area contributed by atoms with E-state index in [1.54, 1.807) is 0 Å². The number of halogens is 2. The van der Waals surface area contributed by atoms with E-state index in [1.807, 2.05) is 18.2 Å². The van der Waals surface area contributed by atoms with E-state index >= 15 is 0 Å². The first kappa shape index (κ1) is 11.7. The van der Waals surface area contributed by atoms with E-state index in [2.05, 4.69) is 31.9 Å². The lowest BCUT2D eigenvalue weighted by atomic mass is 10.1. The van der Waals surface area contributed by atoms with Crippen molar-refractivity contribution in [2.75, 3.05) is 11.9 Å². The van der Waals surface area contributed by atoms with Crippen molar-refractivity contribution in [2.24, 2.45) is 0 Å². The lowest BCUT2D eigenvalue weighted by Gasteiger charge is -2.08. The molecule has 1 rings (SSSR count). The van der Waals surface area contributed by atoms with Crippen LogP contribution in [0.25, 0.3) is 0 Å². The smallest absolute Gasteiger partial charge is 0.124 e. The lowest BCUT2D eigenvalue weighted by molar-refractivity contribution is -0.107. The highest BCUT2D eigenvalue weighted by Crippen LogP contribution is 2.23. The molecule has 0 aromatic heterocycles. The van der Waals surface area contributed by atoms with E-state index in [-0.39, 0.29) is 0 Å². The minimum Gasteiger partial charge on any atom is -0.492 e. The van der Waals surface area contributed by atoms with Crippen LogP contribution in [-0.4, -0.2) is 18.2 Å². The second-order valence-electron chi connectivity index (χ2n) is 2.66. The molecular formula is C10H10Br2O2. The van der Waals surface area contributed by atoms with Crippen LogP contribution in [0.2, 0.25) is 0 Å². The van der Waals surface area contributed by atoms with Crippen LogP contribution in [0.5, 0.6) is 5.75 Å². The molecule has 0 amide bonds. The quantitative estimate of drug-likeness (QED) is 0.615. The monoisotopic (exact) mass is 320 g/mol. The highest BCUT2D eigenvalue weighted by Gasteiger charge is 2.03. The van der Waals surface area contributed by atoms with Crippen LogP contribution in [0.15, 0.2) is 22.7 Å². The molecule has 0 aliphatic heterocycles. The summed E-state index contributed by atoms with van der Waals surface area (Å²) in [4.78, 5) is 10.4. The first-order chi connectivity index (χ1) is 6.77. The molecule has 0 spiro atoms. The molecule has 0 saturated carbocycles. The van der Waals surface area contributed by atoms with Crippen molar-refractivity contribution in [3.8, 4) is 5.75 Å². The van der Waals surface area contributed by atoms with Gasteiger partial charge >= 0.3 is 0 Å². The van der Waals surface area contributed by atoms with E-state index in [4.69, 9.17) is 4.74 Å². The fraction of sp³-hybridized carbons (Fsp3) is 0.300. The van der Waals surface area contributed by atoms with Gasteiger partial charge in [-0.3, -0.25) is 0 Å². The van der Waals surface area contributed by atoms with Crippen molar-refractivity contribution < 1.29 is 9.53 Å². The second kappa shape index (κ2) is 6.19. The fourth-order valence-corrected chi connectivity index (χ4v) is 1.66. The predicted molar refractivity (Wildman–Crippen MR) is 63.2 cm³/mol. The van der Waals surface area contributed by atoms with Crippen molar-refractivity contribution in [3.63, 3.8) is 0 Å². The van der Waals surface area contributed by atoms with Gasteiger partial charge in [0, 0.05) is 21.8 Å². The van der Waals surface area contributed by atoms with Crippen molar-refractivity contribution >= 4 is 38.1 Å². The summed E-state index contributed by atoms with van der Waals surface area (Å²) >= 11 is 6.63. The van der Waals surface area contributed by atoms with Gasteiger partial charge in [0.05, 0.1) is 6.61 Å². The van der Waals surface area contributed by atoms with Crippen LogP contribution in [0.1, 0.15) is 5.56 Å². The van der Waals surface area contributed by atoms with Gasteiger partial charge in [-0.2, -0.15) is 0 Å². The SMILES string of the molecule is O=CCc1cc(Br)ccc1OCCBr. The molecule has 0 aliphatic carbocycles. The number of hydrogen-bond donors (Lipinski definition) is 0. The Hall–Kier alpha value is -0.350. The summed E-state index contributed by atoms with van der Waals surface area (Å²) in [7, 11) is 0. The first-order valence-electron chi connectivity index (χ1n) is 4.18. The maximum Gasteiger partial charge on any atom is 0.124 e. The van der Waals surface area contributed by atoms with Crippen LogP contribution in [-0.2, 0) is 11.2 Å². The fourth-order valence-electron chi connectivity index (χ4n) is 1.09. The van der Waals surface area contributed by atoms with Crippen LogP contribution >= 0.6 is 31.9 Å². The van der Waals surface area contributed by atoms with E-state index in [0.717, 1.165) is 27.4 Å². The minimum atomic E-state index is 0.386. The highest BCUT2D eigenvalue weighted by molar-refractivity contribution is 9.10. The minimum absolute atomic E-state index is 0.386. The van der Waals surface area contributed by atoms with Crippen LogP contribution in [0.3, 0.4) is 0 Å². The Labute approximate surface area is 99.9 Å². The van der Waals surface area contributed by atoms with Gasteiger partial charge in [-0.25, -0.2) is 0 Å². The molecule has 0 heterocycles. The number of aldehydes is 1. The summed E-state index contributed by atoms with van der Waals surface area (Å²) < 4.78 is 6.43. The number of rotatable bonds is 5. The molecule has 4 heteroatoms. The Morgan fingerprint density at radius 2 is 2.21 bits per heavy atom. The zero-order valence-electron chi connectivity index (χ0n) is 7.50. The molecule has 0 bridgehead atoms. The second-order valence-corrected chi connectivity index (χ2v) is 4.37. The van der Waals surface area contributed by atoms with E-state index in [1.165, 1.54) is 0 Å². The van der Waals surface area contributed by atoms with Gasteiger partial charge in [-0.15, -0.1) is 0 Å². The average molecular weight is 322 g/mol. The molecule has 14 heavy (non-hydrogen) atoms. The molecule has 0 unspecified atom stereocenters. The maximum atomic E-state index is 10.4. The molecule has 0 fully saturated rings. The number of carbonyl (C=O) groups excluding carboxylic acids is 1. The van der Waals surface area contributed by atoms with Crippen LogP contribution in [0, 0.1) is 0 Å². The predicted octanol–water partition coefficient (Wildman–Crippen LogP) is 2.96. The Kier molecular flexibility index (Phi) is 5.19. The summed E-state index contributed by atoms with van der Waals surface area (Å²) in [6.45, 7) is 0.605. The summed E-state index contributed by atoms with van der Waals surface area (Å²) in [6, 6.07) is 5.67. The number of hydrogen-bond acceptors (Lipinski definition) is 2. The molecule has 0 atom stereocenters. The number of ether oxygens (including phenoxy) is 1. The Bertz CT molecular complexity index is 313. The molecule has 0 aliphatic rings. The molecule has 0 saturated heterocycles. The van der Waals surface area contributed by atoms with Crippen molar-refractivity contribution in [3.05, 3.63) is 28.2 Å². The Balaban J connectivity index is 2.83. The zero-order valence-corrected chi connectivity index (χ0v) is 10.7. The van der Waals surface area contributed by atoms with Gasteiger partial charge in [0.1, 0.15) is 12.0 Å². The number of alkyl halides is 1. The normalized spacial score (nSPS) is 9.86. The number of carbonyl (C=O) groups is 1. The van der Waals surface area contributed by atoms with Gasteiger partial charge < -0.3 is 9.53 Å². The topological polar surface area (TPSA) is 26.3 Å². The Morgan fingerprint density at radius 1 is 1.43 bits per heavy atom. The Morgan fingerprint density at radius 3 is 2.86 bits per heavy atom. The molecule has 2 nitrogen and oxygen atoms in total. The summed E-state index contributed by atoms with van der Waals surface area (Å²) in [6.07, 6.45) is 1.26. The van der Waals surface area contributed by atoms with E-state index in [0.29, 0.717) is 13.0 Å². The van der Waals surface area contributed by atoms with Crippen LogP contribution in [0.4, 0.5) is 0 Å². The maximum absolute atomic E-state index is 10.4. The highest BCUT2D eigenvalue weighted by atomic mass is 79.9. The van der Waals surface area contributed by atoms with Crippen molar-refractivity contribution in [1.29, 1.82) is 0 Å². The van der Waals surface area contributed by atoms with Gasteiger partial charge in [0.2, 0.25) is 0 Å². The molecule has 1 aromatic carbocycles. The molecule has 1 aromatic rings. The molecule has 76 valence electrons. The van der Waals surface area contributed by atoms with E-state index in [9.17, 15) is 4.79 Å². The van der Waals surface area contributed by atoms with E-state index < -0.39 is 0 Å². The average Bonchev–Trinajstić information content (AvgIpc) is 2.17. The standard InChI is InChI=1S/C10H10Br2O2/c11-4-6-14-10-2-1-9(12)7-8(10)3-5-13/h1-2,5,7H,3-4,6H2. The largest absolute Gasteiger partial charge is 0.492 e. The van der Waals surface area contributed by atoms with Gasteiger partial charge in [0.15, 0.2) is 0 Å². The third-order valence-electron chi connectivity index (χ3n) is 1.66. The molecular weight excluding hydrogens is 312 g/mol. The third kappa shape index (κ3) is 3.42. The molecule has 0 radical (unpaired) electrons. The summed E-state index contributed by atoms with van der Waals surface area (Å²) in [5, 5.41) is 0.781. The zero-order chi connectivity index (χ0) is 10.4. The first-order valence-corrected chi connectivity index (χ1v) is 6.10. The third-order valence-corrected chi connectivity index (χ3v) is 2.48. The van der Waals surface area contributed by atoms with Crippen molar-refractivity contribution in [2.45, 2.75) is 6.42 Å². The van der Waals surface area contributed by atoms with Gasteiger partial charge in [0.25, 0.3) is 0 Å². The van der Waals surface area contributed by atoms with Crippen LogP contribution < -0.4 is 4.74 Å². The van der Waals surface area contributed by atoms with Gasteiger partial charge in [-0.1, -0.05) is 31.9 Å². The molecule has 0 N–H and O–H groups in total. The van der Waals surface area contributed by atoms with Crippen molar-refractivity contribution in [1.82, 2.24) is 0 Å². The summed E-state index contributed by atoms with van der Waals surface area (Å²) in [5.41, 5.74) is 0.912.